The van der Waals surface area contributed by atoms with E-state index < -0.39 is 7.14 Å². The molecule has 0 atom stereocenters. The first-order valence-electron chi connectivity index (χ1n) is 13.3. The normalized spacial score (nSPS) is 13.7. The molecule has 0 saturated heterocycles. The summed E-state index contributed by atoms with van der Waals surface area (Å²) in [6.07, 6.45) is 0. The highest BCUT2D eigenvalue weighted by molar-refractivity contribution is 8.00. The summed E-state index contributed by atoms with van der Waals surface area (Å²) in [6, 6.07) is 21.4. The molecular formula is C34H46OP2. The van der Waals surface area contributed by atoms with E-state index in [9.17, 15) is 0 Å². The van der Waals surface area contributed by atoms with E-state index in [1.165, 1.54) is 33.1 Å². The Kier molecular flexibility index (Phi) is 8.26. The second kappa shape index (κ2) is 10.3. The van der Waals surface area contributed by atoms with E-state index in [4.69, 9.17) is 0 Å². The van der Waals surface area contributed by atoms with Gasteiger partial charge >= 0.3 is 0 Å². The maximum absolute atomic E-state index is 15.2. The number of benzene rings is 3. The molecule has 0 amide bonds. The quantitative estimate of drug-likeness (QED) is 0.307. The molecule has 0 unspecified atom stereocenters. The van der Waals surface area contributed by atoms with Crippen molar-refractivity contribution in [3.63, 3.8) is 0 Å². The van der Waals surface area contributed by atoms with Gasteiger partial charge in [-0.2, -0.15) is 0 Å². The number of hydrogen-bond donors (Lipinski definition) is 0. The third kappa shape index (κ3) is 6.38. The fourth-order valence-electron chi connectivity index (χ4n) is 4.60. The van der Waals surface area contributed by atoms with Crippen molar-refractivity contribution in [2.45, 2.75) is 99.3 Å². The van der Waals surface area contributed by atoms with Gasteiger partial charge in [-0.05, 0) is 53.7 Å². The van der Waals surface area contributed by atoms with Crippen LogP contribution in [0.3, 0.4) is 0 Å². The Morgan fingerprint density at radius 3 is 1.27 bits per heavy atom. The molecule has 0 fully saturated rings. The molecule has 1 nitrogen and oxygen atoms in total. The summed E-state index contributed by atoms with van der Waals surface area (Å²) in [4.78, 5) is 0. The van der Waals surface area contributed by atoms with Crippen molar-refractivity contribution in [1.82, 2.24) is 0 Å². The molecule has 3 aromatic carbocycles. The highest BCUT2D eigenvalue weighted by atomic mass is 31.2. The van der Waals surface area contributed by atoms with E-state index in [0.29, 0.717) is 0 Å². The molecule has 37 heavy (non-hydrogen) atoms. The Labute approximate surface area is 228 Å². The summed E-state index contributed by atoms with van der Waals surface area (Å²) < 4.78 is 15.2. The highest BCUT2D eigenvalue weighted by Crippen LogP contribution is 2.48. The van der Waals surface area contributed by atoms with Gasteiger partial charge in [-0.1, -0.05) is 142 Å². The van der Waals surface area contributed by atoms with Crippen molar-refractivity contribution in [3.8, 4) is 0 Å². The van der Waals surface area contributed by atoms with Crippen LogP contribution >= 0.6 is 15.3 Å². The SMILES string of the molecule is CC(=Pc1c(C(C)(C)C)cc(C(C)(C)C)cc1C(C)(C)C)P(=O)(c1ccc(C)cc1)c1ccc(C)cc1. The van der Waals surface area contributed by atoms with E-state index >= 15 is 4.57 Å². The van der Waals surface area contributed by atoms with Crippen molar-refractivity contribution in [3.05, 3.63) is 88.5 Å². The van der Waals surface area contributed by atoms with Crippen LogP contribution in [0.4, 0.5) is 0 Å². The fourth-order valence-corrected chi connectivity index (χ4v) is 9.70. The molecule has 0 aliphatic heterocycles. The fraction of sp³-hybridized carbons (Fsp3) is 0.441. The van der Waals surface area contributed by atoms with Crippen molar-refractivity contribution < 1.29 is 4.57 Å². The minimum absolute atomic E-state index is 0.0401. The van der Waals surface area contributed by atoms with Gasteiger partial charge in [0.2, 0.25) is 0 Å². The molecule has 0 radical (unpaired) electrons. The smallest absolute Gasteiger partial charge is 0.171 e. The number of rotatable bonds is 4. The Hall–Kier alpha value is -1.94. The van der Waals surface area contributed by atoms with Crippen LogP contribution in [-0.4, -0.2) is 5.03 Å². The third-order valence-corrected chi connectivity index (χ3v) is 12.3. The molecule has 0 spiro atoms. The second-order valence-electron chi connectivity index (χ2n) is 13.6. The van der Waals surface area contributed by atoms with Crippen LogP contribution in [0.2, 0.25) is 0 Å². The molecule has 0 aliphatic carbocycles. The lowest BCUT2D eigenvalue weighted by atomic mass is 9.75. The van der Waals surface area contributed by atoms with Gasteiger partial charge in [0.05, 0.1) is 0 Å². The summed E-state index contributed by atoms with van der Waals surface area (Å²) in [5.74, 6) is 0. The van der Waals surface area contributed by atoms with Gasteiger partial charge in [0.1, 0.15) is 0 Å². The van der Waals surface area contributed by atoms with Crippen LogP contribution < -0.4 is 15.9 Å². The summed E-state index contributed by atoms with van der Waals surface area (Å²) in [5, 5.41) is 4.14. The molecule has 3 aromatic rings. The van der Waals surface area contributed by atoms with Crippen molar-refractivity contribution in [2.75, 3.05) is 0 Å². The molecule has 0 heterocycles. The first-order chi connectivity index (χ1) is 16.8. The number of aryl methyl sites for hydroxylation is 2. The molecule has 0 N–H and O–H groups in total. The minimum atomic E-state index is -3.00. The summed E-state index contributed by atoms with van der Waals surface area (Å²) in [6.45, 7) is 26.9. The first kappa shape index (κ1) is 29.6. The lowest BCUT2D eigenvalue weighted by Gasteiger charge is -2.33. The van der Waals surface area contributed by atoms with Crippen LogP contribution in [0.15, 0.2) is 60.7 Å². The van der Waals surface area contributed by atoms with E-state index in [0.717, 1.165) is 23.8 Å². The van der Waals surface area contributed by atoms with Crippen LogP contribution in [0, 0.1) is 13.8 Å². The Bertz CT molecular complexity index is 1250. The van der Waals surface area contributed by atoms with Gasteiger partial charge in [0.25, 0.3) is 0 Å². The minimum Gasteiger partial charge on any atom is -0.309 e. The van der Waals surface area contributed by atoms with Crippen LogP contribution in [0.1, 0.15) is 97.1 Å². The third-order valence-electron chi connectivity index (χ3n) is 7.12. The summed E-state index contributed by atoms with van der Waals surface area (Å²) in [7, 11) is -1.96. The zero-order valence-electron chi connectivity index (χ0n) is 25.1. The topological polar surface area (TPSA) is 17.1 Å². The molecule has 0 saturated carbocycles. The van der Waals surface area contributed by atoms with Crippen LogP contribution in [0.5, 0.6) is 0 Å². The van der Waals surface area contributed by atoms with Crippen molar-refractivity contribution in [2.24, 2.45) is 0 Å². The van der Waals surface area contributed by atoms with Gasteiger partial charge in [-0.25, -0.2) is 0 Å². The maximum Gasteiger partial charge on any atom is 0.171 e. The van der Waals surface area contributed by atoms with E-state index in [-0.39, 0.29) is 16.2 Å². The largest absolute Gasteiger partial charge is 0.309 e. The van der Waals surface area contributed by atoms with Gasteiger partial charge < -0.3 is 4.57 Å². The van der Waals surface area contributed by atoms with E-state index in [2.05, 4.69) is 144 Å². The molecule has 3 rings (SSSR count). The molecule has 3 heteroatoms. The monoisotopic (exact) mass is 532 g/mol. The summed E-state index contributed by atoms with van der Waals surface area (Å²) >= 11 is 0. The average Bonchev–Trinajstić information content (AvgIpc) is 2.77. The second-order valence-corrected chi connectivity index (χ2v) is 18.2. The molecule has 0 aliphatic rings. The molecule has 0 aromatic heterocycles. The predicted molar refractivity (Wildman–Crippen MR) is 169 cm³/mol. The predicted octanol–water partition coefficient (Wildman–Crippen LogP) is 8.93. The molecule has 198 valence electrons. The highest BCUT2D eigenvalue weighted by Gasteiger charge is 2.33. The molecule has 0 bridgehead atoms. The van der Waals surface area contributed by atoms with Gasteiger partial charge in [0, 0.05) is 20.9 Å². The zero-order valence-corrected chi connectivity index (χ0v) is 26.9. The first-order valence-corrected chi connectivity index (χ1v) is 15.9. The lowest BCUT2D eigenvalue weighted by Crippen LogP contribution is -2.30. The maximum atomic E-state index is 15.2. The van der Waals surface area contributed by atoms with Crippen molar-refractivity contribution in [1.29, 1.82) is 0 Å². The van der Waals surface area contributed by atoms with Crippen LogP contribution in [0.25, 0.3) is 0 Å². The van der Waals surface area contributed by atoms with Crippen LogP contribution in [-0.2, 0) is 20.8 Å². The van der Waals surface area contributed by atoms with Gasteiger partial charge in [-0.15, -0.1) is 0 Å². The average molecular weight is 533 g/mol. The van der Waals surface area contributed by atoms with E-state index in [1.54, 1.807) is 0 Å². The Morgan fingerprint density at radius 1 is 0.622 bits per heavy atom. The number of hydrogen-bond acceptors (Lipinski definition) is 1. The zero-order chi connectivity index (χ0) is 28.0. The standard InChI is InChI=1S/C34H46OP2/c1-23-13-17-27(18-14-23)37(35,28-19-15-24(2)16-20-28)25(3)36-31-29(33(7,8)9)21-26(32(4,5)6)22-30(31)34(10,11)12/h13-22H,1-12H3. The van der Waals surface area contributed by atoms with Crippen molar-refractivity contribution >= 4 is 36.3 Å². The molecular weight excluding hydrogens is 486 g/mol. The van der Waals surface area contributed by atoms with E-state index in [1.807, 2.05) is 0 Å². The van der Waals surface area contributed by atoms with Gasteiger partial charge in [0.15, 0.2) is 7.14 Å². The Morgan fingerprint density at radius 2 is 0.973 bits per heavy atom. The Balaban J connectivity index is 2.42. The summed E-state index contributed by atoms with van der Waals surface area (Å²) in [5.41, 5.74) is 6.39. The van der Waals surface area contributed by atoms with Gasteiger partial charge in [-0.3, -0.25) is 0 Å². The lowest BCUT2D eigenvalue weighted by molar-refractivity contribution is 0.554.